The first-order valence-electron chi connectivity index (χ1n) is 3.68. The zero-order valence-corrected chi connectivity index (χ0v) is 5.93. The number of aliphatic hydroxyl groups is 1. The minimum atomic E-state index is -0.839. The van der Waals surface area contributed by atoms with Gasteiger partial charge in [-0.1, -0.05) is 13.3 Å². The normalized spacial score (nSPS) is 25.7. The zero-order chi connectivity index (χ0) is 6.91. The van der Waals surface area contributed by atoms with Gasteiger partial charge in [0, 0.05) is 5.92 Å². The average Bonchev–Trinajstić information content (AvgIpc) is 2.41. The maximum atomic E-state index is 9.43. The van der Waals surface area contributed by atoms with Gasteiger partial charge in [0.05, 0.1) is 0 Å². The maximum Gasteiger partial charge on any atom is 0.116 e. The van der Waals surface area contributed by atoms with E-state index >= 15 is 0 Å². The first-order valence-corrected chi connectivity index (χ1v) is 3.68. The van der Waals surface area contributed by atoms with Crippen molar-refractivity contribution < 1.29 is 5.11 Å². The van der Waals surface area contributed by atoms with Gasteiger partial charge >= 0.3 is 0 Å². The van der Waals surface area contributed by atoms with Gasteiger partial charge in [0.1, 0.15) is 5.72 Å². The summed E-state index contributed by atoms with van der Waals surface area (Å²) < 4.78 is 0. The van der Waals surface area contributed by atoms with Crippen molar-refractivity contribution in [1.82, 2.24) is 0 Å². The topological polar surface area (TPSA) is 46.2 Å². The molecule has 0 saturated heterocycles. The second-order valence-electron chi connectivity index (χ2n) is 3.02. The highest BCUT2D eigenvalue weighted by molar-refractivity contribution is 4.89. The van der Waals surface area contributed by atoms with Gasteiger partial charge in [-0.15, -0.1) is 0 Å². The number of hydrogen-bond acceptors (Lipinski definition) is 2. The molecular formula is C7H15NO. The van der Waals surface area contributed by atoms with Crippen molar-refractivity contribution in [2.24, 2.45) is 11.7 Å². The molecule has 0 aromatic carbocycles. The molecule has 2 heteroatoms. The summed E-state index contributed by atoms with van der Waals surface area (Å²) in [5, 5.41) is 9.43. The Morgan fingerprint density at radius 3 is 2.56 bits per heavy atom. The fourth-order valence-electron chi connectivity index (χ4n) is 1.19. The second-order valence-corrected chi connectivity index (χ2v) is 3.02. The highest BCUT2D eigenvalue weighted by atomic mass is 16.3. The molecule has 2 nitrogen and oxygen atoms in total. The molecule has 0 spiro atoms. The fraction of sp³-hybridized carbons (Fsp3) is 1.00. The summed E-state index contributed by atoms with van der Waals surface area (Å²) in [5.41, 5.74) is 4.75. The highest BCUT2D eigenvalue weighted by Crippen LogP contribution is 2.38. The van der Waals surface area contributed by atoms with Crippen LogP contribution in [-0.4, -0.2) is 10.8 Å². The molecule has 0 aromatic heterocycles. The van der Waals surface area contributed by atoms with Crippen molar-refractivity contribution in [2.45, 2.75) is 38.3 Å². The van der Waals surface area contributed by atoms with Crippen LogP contribution in [0.4, 0.5) is 0 Å². The van der Waals surface area contributed by atoms with E-state index in [0.29, 0.717) is 5.92 Å². The van der Waals surface area contributed by atoms with Crippen molar-refractivity contribution in [2.75, 3.05) is 0 Å². The first kappa shape index (κ1) is 7.03. The van der Waals surface area contributed by atoms with Gasteiger partial charge in [0.25, 0.3) is 0 Å². The van der Waals surface area contributed by atoms with Gasteiger partial charge in [0.2, 0.25) is 0 Å². The summed E-state index contributed by atoms with van der Waals surface area (Å²) >= 11 is 0. The lowest BCUT2D eigenvalue weighted by atomic mass is 10.0. The van der Waals surface area contributed by atoms with E-state index in [1.165, 1.54) is 0 Å². The molecule has 1 aliphatic carbocycles. The van der Waals surface area contributed by atoms with Gasteiger partial charge in [-0.3, -0.25) is 0 Å². The SMILES string of the molecule is CCCC(N)(O)C1CC1. The van der Waals surface area contributed by atoms with E-state index in [4.69, 9.17) is 5.73 Å². The van der Waals surface area contributed by atoms with Crippen molar-refractivity contribution in [3.05, 3.63) is 0 Å². The summed E-state index contributed by atoms with van der Waals surface area (Å²) in [5.74, 6) is 0.400. The van der Waals surface area contributed by atoms with Gasteiger partial charge in [-0.05, 0) is 19.3 Å². The molecule has 1 aliphatic rings. The molecule has 0 amide bonds. The predicted molar refractivity (Wildman–Crippen MR) is 36.8 cm³/mol. The van der Waals surface area contributed by atoms with Crippen LogP contribution < -0.4 is 5.73 Å². The minimum absolute atomic E-state index is 0.400. The molecule has 0 bridgehead atoms. The van der Waals surface area contributed by atoms with Crippen molar-refractivity contribution in [1.29, 1.82) is 0 Å². The maximum absolute atomic E-state index is 9.43. The van der Waals surface area contributed by atoms with Crippen molar-refractivity contribution in [3.8, 4) is 0 Å². The molecule has 0 aromatic rings. The third-order valence-corrected chi connectivity index (χ3v) is 1.93. The minimum Gasteiger partial charge on any atom is -0.376 e. The van der Waals surface area contributed by atoms with Gasteiger partial charge in [-0.2, -0.15) is 0 Å². The molecule has 1 saturated carbocycles. The summed E-state index contributed by atoms with van der Waals surface area (Å²) in [6.07, 6.45) is 3.96. The average molecular weight is 129 g/mol. The lowest BCUT2D eigenvalue weighted by molar-refractivity contribution is 0.0147. The molecule has 0 heterocycles. The van der Waals surface area contributed by atoms with E-state index in [9.17, 15) is 5.11 Å². The Morgan fingerprint density at radius 2 is 2.22 bits per heavy atom. The number of rotatable bonds is 3. The molecule has 0 radical (unpaired) electrons. The summed E-state index contributed by atoms with van der Waals surface area (Å²) in [7, 11) is 0. The van der Waals surface area contributed by atoms with Crippen LogP contribution in [0.15, 0.2) is 0 Å². The van der Waals surface area contributed by atoms with E-state index in [2.05, 4.69) is 0 Å². The lowest BCUT2D eigenvalue weighted by Crippen LogP contribution is -2.41. The smallest absolute Gasteiger partial charge is 0.116 e. The van der Waals surface area contributed by atoms with E-state index in [1.807, 2.05) is 6.92 Å². The first-order chi connectivity index (χ1) is 4.17. The molecule has 54 valence electrons. The Bertz CT molecular complexity index is 97.1. The largest absolute Gasteiger partial charge is 0.376 e. The van der Waals surface area contributed by atoms with Crippen LogP contribution >= 0.6 is 0 Å². The van der Waals surface area contributed by atoms with Crippen molar-refractivity contribution in [3.63, 3.8) is 0 Å². The monoisotopic (exact) mass is 129 g/mol. The Kier molecular flexibility index (Phi) is 1.78. The standard InChI is InChI=1S/C7H15NO/c1-2-5-7(8,9)6-3-4-6/h6,9H,2-5,8H2,1H3. The third-order valence-electron chi connectivity index (χ3n) is 1.93. The fourth-order valence-corrected chi connectivity index (χ4v) is 1.19. The number of nitrogens with two attached hydrogens (primary N) is 1. The summed E-state index contributed by atoms with van der Waals surface area (Å²) in [6, 6.07) is 0. The van der Waals surface area contributed by atoms with E-state index in [0.717, 1.165) is 25.7 Å². The molecule has 3 N–H and O–H groups in total. The Morgan fingerprint density at radius 1 is 1.67 bits per heavy atom. The molecule has 9 heavy (non-hydrogen) atoms. The third kappa shape index (κ3) is 1.66. The lowest BCUT2D eigenvalue weighted by Gasteiger charge is -2.21. The summed E-state index contributed by atoms with van der Waals surface area (Å²) in [4.78, 5) is 0. The Labute approximate surface area is 56.1 Å². The summed E-state index contributed by atoms with van der Waals surface area (Å²) in [6.45, 7) is 2.04. The van der Waals surface area contributed by atoms with Crippen LogP contribution in [0, 0.1) is 5.92 Å². The molecule has 1 rings (SSSR count). The van der Waals surface area contributed by atoms with Crippen LogP contribution in [0.1, 0.15) is 32.6 Å². The molecule has 1 atom stereocenters. The molecular weight excluding hydrogens is 114 g/mol. The van der Waals surface area contributed by atoms with Gasteiger partial charge < -0.3 is 10.8 Å². The van der Waals surface area contributed by atoms with Gasteiger partial charge in [-0.25, -0.2) is 0 Å². The quantitative estimate of drug-likeness (QED) is 0.555. The highest BCUT2D eigenvalue weighted by Gasteiger charge is 2.39. The van der Waals surface area contributed by atoms with Crippen LogP contribution in [0.5, 0.6) is 0 Å². The predicted octanol–water partition coefficient (Wildman–Crippen LogP) is 0.844. The number of hydrogen-bond donors (Lipinski definition) is 2. The van der Waals surface area contributed by atoms with Crippen LogP contribution in [0.2, 0.25) is 0 Å². The van der Waals surface area contributed by atoms with E-state index < -0.39 is 5.72 Å². The van der Waals surface area contributed by atoms with Crippen LogP contribution in [-0.2, 0) is 0 Å². The second kappa shape index (κ2) is 2.27. The van der Waals surface area contributed by atoms with Gasteiger partial charge in [0.15, 0.2) is 0 Å². The zero-order valence-electron chi connectivity index (χ0n) is 5.93. The van der Waals surface area contributed by atoms with Crippen LogP contribution in [0.3, 0.4) is 0 Å². The van der Waals surface area contributed by atoms with E-state index in [1.54, 1.807) is 0 Å². The Balaban J connectivity index is 2.30. The molecule has 1 fully saturated rings. The van der Waals surface area contributed by atoms with Crippen LogP contribution in [0.25, 0.3) is 0 Å². The Hall–Kier alpha value is -0.0800. The van der Waals surface area contributed by atoms with E-state index in [-0.39, 0.29) is 0 Å². The van der Waals surface area contributed by atoms with Crippen molar-refractivity contribution >= 4 is 0 Å². The molecule has 0 aliphatic heterocycles. The molecule has 1 unspecified atom stereocenters.